The summed E-state index contributed by atoms with van der Waals surface area (Å²) in [7, 11) is 0. The van der Waals surface area contributed by atoms with Crippen LogP contribution in [0.4, 0.5) is 5.69 Å². The normalized spacial score (nSPS) is 10.5. The number of hydrogen-bond acceptors (Lipinski definition) is 4. The van der Waals surface area contributed by atoms with E-state index in [2.05, 4.69) is 17.6 Å². The molecule has 2 aromatic carbocycles. The molecule has 156 valence electrons. The Balaban J connectivity index is 1.91. The minimum atomic E-state index is -0.318. The van der Waals surface area contributed by atoms with Crippen molar-refractivity contribution in [1.29, 1.82) is 0 Å². The van der Waals surface area contributed by atoms with Gasteiger partial charge in [-0.25, -0.2) is 0 Å². The van der Waals surface area contributed by atoms with Gasteiger partial charge in [-0.3, -0.25) is 10.1 Å². The van der Waals surface area contributed by atoms with Crippen molar-refractivity contribution < 1.29 is 14.3 Å². The lowest BCUT2D eigenvalue weighted by Crippen LogP contribution is -2.34. The molecule has 0 radical (unpaired) electrons. The predicted molar refractivity (Wildman–Crippen MR) is 122 cm³/mol. The van der Waals surface area contributed by atoms with E-state index in [0.29, 0.717) is 17.9 Å². The molecule has 5 nitrogen and oxygen atoms in total. The zero-order chi connectivity index (χ0) is 21.1. The summed E-state index contributed by atoms with van der Waals surface area (Å²) < 4.78 is 11.5. The van der Waals surface area contributed by atoms with Gasteiger partial charge in [0.1, 0.15) is 11.5 Å². The summed E-state index contributed by atoms with van der Waals surface area (Å²) in [6.07, 6.45) is 4.62. The van der Waals surface area contributed by atoms with Crippen molar-refractivity contribution >= 4 is 28.9 Å². The molecule has 0 aliphatic rings. The zero-order valence-corrected chi connectivity index (χ0v) is 18.2. The molecule has 0 aliphatic carbocycles. The van der Waals surface area contributed by atoms with Gasteiger partial charge >= 0.3 is 0 Å². The Morgan fingerprint density at radius 3 is 2.62 bits per heavy atom. The van der Waals surface area contributed by atoms with Crippen LogP contribution in [0, 0.1) is 0 Å². The second kappa shape index (κ2) is 12.1. The lowest BCUT2D eigenvalue weighted by atomic mass is 10.2. The first kappa shape index (κ1) is 22.7. The third kappa shape index (κ3) is 8.11. The van der Waals surface area contributed by atoms with Crippen LogP contribution < -0.4 is 20.1 Å². The molecule has 0 aliphatic heterocycles. The molecule has 0 bridgehead atoms. The first-order valence-electron chi connectivity index (χ1n) is 10.1. The topological polar surface area (TPSA) is 59.6 Å². The monoisotopic (exact) mass is 414 g/mol. The zero-order valence-electron chi connectivity index (χ0n) is 17.4. The van der Waals surface area contributed by atoms with Gasteiger partial charge in [-0.15, -0.1) is 0 Å². The molecule has 0 heterocycles. The summed E-state index contributed by atoms with van der Waals surface area (Å²) >= 11 is 5.30. The van der Waals surface area contributed by atoms with E-state index in [4.69, 9.17) is 21.7 Å². The number of carbonyl (C=O) groups excluding carboxylic acids is 1. The van der Waals surface area contributed by atoms with E-state index in [9.17, 15) is 4.79 Å². The van der Waals surface area contributed by atoms with E-state index in [1.165, 1.54) is 19.3 Å². The van der Waals surface area contributed by atoms with Crippen LogP contribution in [0.15, 0.2) is 48.5 Å². The highest BCUT2D eigenvalue weighted by Crippen LogP contribution is 2.20. The van der Waals surface area contributed by atoms with Gasteiger partial charge in [0, 0.05) is 11.8 Å². The lowest BCUT2D eigenvalue weighted by Gasteiger charge is -2.15. The Bertz CT molecular complexity index is 808. The SMILES string of the molecule is CCCCCCOc1cccc(NC(=S)NC(=O)c2ccccc2OC(C)C)c1. The molecule has 2 aromatic rings. The standard InChI is InChI=1S/C23H30N2O3S/c1-4-5-6-9-15-27-19-12-10-11-18(16-19)24-23(29)25-22(26)20-13-7-8-14-21(20)28-17(2)3/h7-8,10-14,16-17H,4-6,9,15H2,1-3H3,(H2,24,25,26,29). The number of hydrogen-bond donors (Lipinski definition) is 2. The Hall–Kier alpha value is -2.60. The highest BCUT2D eigenvalue weighted by atomic mass is 32.1. The van der Waals surface area contributed by atoms with Crippen molar-refractivity contribution in [3.8, 4) is 11.5 Å². The number of amides is 1. The van der Waals surface area contributed by atoms with Gasteiger partial charge in [-0.05, 0) is 56.8 Å². The molecule has 0 unspecified atom stereocenters. The summed E-state index contributed by atoms with van der Waals surface area (Å²) in [4.78, 5) is 12.6. The number of ether oxygens (including phenoxy) is 2. The lowest BCUT2D eigenvalue weighted by molar-refractivity contribution is 0.0972. The highest BCUT2D eigenvalue weighted by molar-refractivity contribution is 7.80. The summed E-state index contributed by atoms with van der Waals surface area (Å²) in [5, 5.41) is 5.95. The van der Waals surface area contributed by atoms with Gasteiger partial charge in [0.15, 0.2) is 5.11 Å². The molecular weight excluding hydrogens is 384 g/mol. The molecule has 0 fully saturated rings. The van der Waals surface area contributed by atoms with Gasteiger partial charge < -0.3 is 14.8 Å². The second-order valence-electron chi connectivity index (χ2n) is 7.01. The Morgan fingerprint density at radius 1 is 1.07 bits per heavy atom. The van der Waals surface area contributed by atoms with Crippen molar-refractivity contribution in [2.45, 2.75) is 52.6 Å². The number of unbranched alkanes of at least 4 members (excludes halogenated alkanes) is 3. The number of nitrogens with one attached hydrogen (secondary N) is 2. The molecule has 0 spiro atoms. The van der Waals surface area contributed by atoms with E-state index in [1.54, 1.807) is 18.2 Å². The molecule has 29 heavy (non-hydrogen) atoms. The second-order valence-corrected chi connectivity index (χ2v) is 7.42. The molecule has 2 rings (SSSR count). The van der Waals surface area contributed by atoms with Gasteiger partial charge in [-0.2, -0.15) is 0 Å². The van der Waals surface area contributed by atoms with Crippen LogP contribution >= 0.6 is 12.2 Å². The summed E-state index contributed by atoms with van der Waals surface area (Å²) in [5.74, 6) is 0.986. The first-order valence-corrected chi connectivity index (χ1v) is 10.5. The Morgan fingerprint density at radius 2 is 1.86 bits per heavy atom. The van der Waals surface area contributed by atoms with Crippen molar-refractivity contribution in [3.63, 3.8) is 0 Å². The van der Waals surface area contributed by atoms with E-state index in [0.717, 1.165) is 17.9 Å². The van der Waals surface area contributed by atoms with E-state index in [1.807, 2.05) is 44.2 Å². The molecule has 6 heteroatoms. The Labute approximate surface area is 178 Å². The van der Waals surface area contributed by atoms with Gasteiger partial charge in [0.05, 0.1) is 18.3 Å². The molecule has 2 N–H and O–H groups in total. The van der Waals surface area contributed by atoms with Crippen molar-refractivity contribution in [1.82, 2.24) is 5.32 Å². The molecular formula is C23H30N2O3S. The third-order valence-electron chi connectivity index (χ3n) is 4.08. The van der Waals surface area contributed by atoms with E-state index >= 15 is 0 Å². The molecule has 1 amide bonds. The average molecular weight is 415 g/mol. The quantitative estimate of drug-likeness (QED) is 0.394. The largest absolute Gasteiger partial charge is 0.494 e. The van der Waals surface area contributed by atoms with Crippen LogP contribution in [0.5, 0.6) is 11.5 Å². The number of anilines is 1. The Kier molecular flexibility index (Phi) is 9.44. The number of rotatable bonds is 10. The fourth-order valence-electron chi connectivity index (χ4n) is 2.73. The maximum atomic E-state index is 12.6. The van der Waals surface area contributed by atoms with Crippen LogP contribution in [-0.2, 0) is 0 Å². The van der Waals surface area contributed by atoms with Gasteiger partial charge in [0.25, 0.3) is 5.91 Å². The van der Waals surface area contributed by atoms with E-state index in [-0.39, 0.29) is 17.1 Å². The fourth-order valence-corrected chi connectivity index (χ4v) is 2.94. The summed E-state index contributed by atoms with van der Waals surface area (Å²) in [6.45, 7) is 6.71. The van der Waals surface area contributed by atoms with Crippen LogP contribution in [-0.4, -0.2) is 23.7 Å². The first-order chi connectivity index (χ1) is 14.0. The molecule has 0 saturated carbocycles. The minimum Gasteiger partial charge on any atom is -0.494 e. The van der Waals surface area contributed by atoms with Crippen LogP contribution in [0.2, 0.25) is 0 Å². The van der Waals surface area contributed by atoms with Gasteiger partial charge in [0.2, 0.25) is 0 Å². The fraction of sp³-hybridized carbons (Fsp3) is 0.391. The molecule has 0 aromatic heterocycles. The van der Waals surface area contributed by atoms with Crippen molar-refractivity contribution in [2.75, 3.05) is 11.9 Å². The molecule has 0 saturated heterocycles. The number of carbonyl (C=O) groups is 1. The summed E-state index contributed by atoms with van der Waals surface area (Å²) in [5.41, 5.74) is 1.20. The van der Waals surface area contributed by atoms with E-state index < -0.39 is 0 Å². The van der Waals surface area contributed by atoms with Crippen LogP contribution in [0.25, 0.3) is 0 Å². The van der Waals surface area contributed by atoms with Crippen LogP contribution in [0.1, 0.15) is 56.8 Å². The maximum Gasteiger partial charge on any atom is 0.261 e. The third-order valence-corrected chi connectivity index (χ3v) is 4.28. The highest BCUT2D eigenvalue weighted by Gasteiger charge is 2.14. The number of benzene rings is 2. The predicted octanol–water partition coefficient (Wildman–Crippen LogP) is 5.56. The average Bonchev–Trinajstić information content (AvgIpc) is 2.68. The van der Waals surface area contributed by atoms with Crippen LogP contribution in [0.3, 0.4) is 0 Å². The summed E-state index contributed by atoms with van der Waals surface area (Å²) in [6, 6.07) is 14.6. The van der Waals surface area contributed by atoms with Crippen molar-refractivity contribution in [3.05, 3.63) is 54.1 Å². The number of thiocarbonyl (C=S) groups is 1. The van der Waals surface area contributed by atoms with Gasteiger partial charge in [-0.1, -0.05) is 44.4 Å². The minimum absolute atomic E-state index is 0.0289. The smallest absolute Gasteiger partial charge is 0.261 e. The molecule has 0 atom stereocenters. The van der Waals surface area contributed by atoms with Crippen molar-refractivity contribution in [2.24, 2.45) is 0 Å². The number of para-hydroxylation sites is 1. The maximum absolute atomic E-state index is 12.6.